The lowest BCUT2D eigenvalue weighted by atomic mass is 10.2. The Kier molecular flexibility index (Phi) is 2.69. The first-order valence-electron chi connectivity index (χ1n) is 4.07. The van der Waals surface area contributed by atoms with Crippen molar-refractivity contribution in [2.24, 2.45) is 5.92 Å². The molecule has 0 N–H and O–H groups in total. The number of carbonyl (C=O) groups is 1. The van der Waals surface area contributed by atoms with Crippen LogP contribution in [0.25, 0.3) is 0 Å². The standard InChI is InChI=1S/C9H14O2/c1-7(2)9(10)11-8-5-3-4-6-8/h3,5,7-8H,4,6H2,1-2H3. The van der Waals surface area contributed by atoms with Crippen molar-refractivity contribution in [2.45, 2.75) is 32.8 Å². The molecule has 11 heavy (non-hydrogen) atoms. The summed E-state index contributed by atoms with van der Waals surface area (Å²) < 4.78 is 5.15. The molecule has 0 amide bonds. The van der Waals surface area contributed by atoms with Crippen LogP contribution in [0.4, 0.5) is 0 Å². The van der Waals surface area contributed by atoms with Gasteiger partial charge in [0.05, 0.1) is 5.92 Å². The molecule has 1 rings (SSSR count). The summed E-state index contributed by atoms with van der Waals surface area (Å²) in [5, 5.41) is 0. The van der Waals surface area contributed by atoms with Gasteiger partial charge in [-0.05, 0) is 18.9 Å². The number of hydrogen-bond acceptors (Lipinski definition) is 2. The highest BCUT2D eigenvalue weighted by molar-refractivity contribution is 5.71. The van der Waals surface area contributed by atoms with Gasteiger partial charge >= 0.3 is 5.97 Å². The zero-order chi connectivity index (χ0) is 8.27. The van der Waals surface area contributed by atoms with Crippen molar-refractivity contribution in [1.29, 1.82) is 0 Å². The van der Waals surface area contributed by atoms with Crippen molar-refractivity contribution < 1.29 is 9.53 Å². The molecule has 0 radical (unpaired) electrons. The van der Waals surface area contributed by atoms with E-state index in [1.807, 2.05) is 19.9 Å². The van der Waals surface area contributed by atoms with Crippen molar-refractivity contribution >= 4 is 5.97 Å². The van der Waals surface area contributed by atoms with Gasteiger partial charge < -0.3 is 4.74 Å². The summed E-state index contributed by atoms with van der Waals surface area (Å²) >= 11 is 0. The van der Waals surface area contributed by atoms with Crippen LogP contribution in [0, 0.1) is 5.92 Å². The Morgan fingerprint density at radius 3 is 2.82 bits per heavy atom. The van der Waals surface area contributed by atoms with Crippen LogP contribution in [0.2, 0.25) is 0 Å². The summed E-state index contributed by atoms with van der Waals surface area (Å²) in [5.74, 6) is -0.106. The predicted octanol–water partition coefficient (Wildman–Crippen LogP) is 1.90. The molecule has 0 aromatic carbocycles. The van der Waals surface area contributed by atoms with Gasteiger partial charge in [0.25, 0.3) is 0 Å². The molecule has 1 aliphatic rings. The fourth-order valence-electron chi connectivity index (χ4n) is 0.988. The van der Waals surface area contributed by atoms with Crippen molar-refractivity contribution in [3.63, 3.8) is 0 Å². The molecule has 1 unspecified atom stereocenters. The third kappa shape index (κ3) is 2.37. The normalized spacial score (nSPS) is 22.6. The Labute approximate surface area is 67.2 Å². The molecule has 2 heteroatoms. The first kappa shape index (κ1) is 8.31. The molecule has 0 bridgehead atoms. The fourth-order valence-corrected chi connectivity index (χ4v) is 0.988. The second-order valence-electron chi connectivity index (χ2n) is 3.14. The van der Waals surface area contributed by atoms with E-state index in [-0.39, 0.29) is 18.0 Å². The van der Waals surface area contributed by atoms with E-state index >= 15 is 0 Å². The molecular formula is C9H14O2. The zero-order valence-corrected chi connectivity index (χ0v) is 7.04. The van der Waals surface area contributed by atoms with E-state index in [1.165, 1.54) is 0 Å². The molecule has 2 nitrogen and oxygen atoms in total. The SMILES string of the molecule is CC(C)C(=O)OC1C=CCC1. The van der Waals surface area contributed by atoms with Crippen molar-refractivity contribution in [2.75, 3.05) is 0 Å². The second-order valence-corrected chi connectivity index (χ2v) is 3.14. The lowest BCUT2D eigenvalue weighted by molar-refractivity contribution is -0.150. The van der Waals surface area contributed by atoms with Crippen molar-refractivity contribution in [1.82, 2.24) is 0 Å². The molecule has 0 aliphatic heterocycles. The highest BCUT2D eigenvalue weighted by atomic mass is 16.5. The van der Waals surface area contributed by atoms with Crippen LogP contribution in [0.5, 0.6) is 0 Å². The van der Waals surface area contributed by atoms with E-state index in [0.717, 1.165) is 12.8 Å². The zero-order valence-electron chi connectivity index (χ0n) is 7.04. The summed E-state index contributed by atoms with van der Waals surface area (Å²) in [5.41, 5.74) is 0. The van der Waals surface area contributed by atoms with Gasteiger partial charge in [-0.1, -0.05) is 19.9 Å². The highest BCUT2D eigenvalue weighted by Crippen LogP contribution is 2.14. The number of hydrogen-bond donors (Lipinski definition) is 0. The molecule has 1 aliphatic carbocycles. The number of ether oxygens (including phenoxy) is 1. The van der Waals surface area contributed by atoms with Crippen LogP contribution in [-0.4, -0.2) is 12.1 Å². The number of rotatable bonds is 2. The number of esters is 1. The first-order valence-corrected chi connectivity index (χ1v) is 4.07. The Morgan fingerprint density at radius 2 is 2.36 bits per heavy atom. The third-order valence-corrected chi connectivity index (χ3v) is 1.71. The average molecular weight is 154 g/mol. The molecular weight excluding hydrogens is 140 g/mol. The van der Waals surface area contributed by atoms with Crippen LogP contribution in [-0.2, 0) is 9.53 Å². The van der Waals surface area contributed by atoms with Crippen LogP contribution in [0.1, 0.15) is 26.7 Å². The second kappa shape index (κ2) is 3.56. The van der Waals surface area contributed by atoms with Gasteiger partial charge in [0.2, 0.25) is 0 Å². The lowest BCUT2D eigenvalue weighted by Gasteiger charge is -2.11. The maximum Gasteiger partial charge on any atom is 0.308 e. The summed E-state index contributed by atoms with van der Waals surface area (Å²) in [6, 6.07) is 0. The Hall–Kier alpha value is -0.790. The van der Waals surface area contributed by atoms with Crippen LogP contribution in [0.3, 0.4) is 0 Å². The van der Waals surface area contributed by atoms with Gasteiger partial charge in [-0.3, -0.25) is 4.79 Å². The third-order valence-electron chi connectivity index (χ3n) is 1.71. The topological polar surface area (TPSA) is 26.3 Å². The summed E-state index contributed by atoms with van der Waals surface area (Å²) in [4.78, 5) is 11.0. The maximum absolute atomic E-state index is 11.0. The van der Waals surface area contributed by atoms with Crippen molar-refractivity contribution in [3.05, 3.63) is 12.2 Å². The van der Waals surface area contributed by atoms with Gasteiger partial charge in [-0.25, -0.2) is 0 Å². The van der Waals surface area contributed by atoms with E-state index in [9.17, 15) is 4.79 Å². The number of carbonyl (C=O) groups excluding carboxylic acids is 1. The van der Waals surface area contributed by atoms with E-state index < -0.39 is 0 Å². The molecule has 0 saturated carbocycles. The minimum Gasteiger partial charge on any atom is -0.458 e. The van der Waals surface area contributed by atoms with Gasteiger partial charge in [-0.15, -0.1) is 0 Å². The monoisotopic (exact) mass is 154 g/mol. The largest absolute Gasteiger partial charge is 0.458 e. The summed E-state index contributed by atoms with van der Waals surface area (Å²) in [7, 11) is 0. The Bertz CT molecular complexity index is 170. The van der Waals surface area contributed by atoms with Crippen molar-refractivity contribution in [3.8, 4) is 0 Å². The molecule has 0 spiro atoms. The van der Waals surface area contributed by atoms with E-state index in [1.54, 1.807) is 0 Å². The summed E-state index contributed by atoms with van der Waals surface area (Å²) in [6.07, 6.45) is 6.05. The molecule has 62 valence electrons. The maximum atomic E-state index is 11.0. The molecule has 0 heterocycles. The predicted molar refractivity (Wildman–Crippen MR) is 43.1 cm³/mol. The van der Waals surface area contributed by atoms with Crippen LogP contribution >= 0.6 is 0 Å². The van der Waals surface area contributed by atoms with Gasteiger partial charge in [0, 0.05) is 0 Å². The van der Waals surface area contributed by atoms with Crippen LogP contribution in [0.15, 0.2) is 12.2 Å². The molecule has 0 aromatic rings. The minimum atomic E-state index is -0.0958. The molecule has 1 atom stereocenters. The lowest BCUT2D eigenvalue weighted by Crippen LogP contribution is -2.18. The number of allylic oxidation sites excluding steroid dienone is 1. The van der Waals surface area contributed by atoms with E-state index in [0.29, 0.717) is 0 Å². The molecule has 0 aromatic heterocycles. The van der Waals surface area contributed by atoms with Gasteiger partial charge in [0.15, 0.2) is 0 Å². The first-order chi connectivity index (χ1) is 5.20. The smallest absolute Gasteiger partial charge is 0.308 e. The van der Waals surface area contributed by atoms with Gasteiger partial charge in [0.1, 0.15) is 6.10 Å². The van der Waals surface area contributed by atoms with E-state index in [2.05, 4.69) is 6.08 Å². The fraction of sp³-hybridized carbons (Fsp3) is 0.667. The quantitative estimate of drug-likeness (QED) is 0.448. The molecule has 0 saturated heterocycles. The summed E-state index contributed by atoms with van der Waals surface area (Å²) in [6.45, 7) is 3.70. The van der Waals surface area contributed by atoms with E-state index in [4.69, 9.17) is 4.74 Å². The van der Waals surface area contributed by atoms with Gasteiger partial charge in [-0.2, -0.15) is 0 Å². The molecule has 0 fully saturated rings. The Morgan fingerprint density at radius 1 is 1.64 bits per heavy atom. The Balaban J connectivity index is 2.30. The average Bonchev–Trinajstić information content (AvgIpc) is 2.39. The highest BCUT2D eigenvalue weighted by Gasteiger charge is 2.16. The van der Waals surface area contributed by atoms with Crippen LogP contribution < -0.4 is 0 Å². The minimum absolute atomic E-state index is 0.0102.